The van der Waals surface area contributed by atoms with Gasteiger partial charge in [0.05, 0.1) is 0 Å². The average molecular weight is 515 g/mol. The van der Waals surface area contributed by atoms with E-state index >= 15 is 0 Å². The lowest BCUT2D eigenvalue weighted by Gasteiger charge is -2.04. The Morgan fingerprint density at radius 1 is 0.471 bits per heavy atom. The van der Waals surface area contributed by atoms with E-state index in [2.05, 4.69) is 94.8 Å². The second-order valence-electron chi connectivity index (χ2n) is 8.42. The molecule has 0 aliphatic heterocycles. The van der Waals surface area contributed by atoms with E-state index in [0.29, 0.717) is 5.46 Å². The van der Waals surface area contributed by atoms with E-state index in [0.717, 1.165) is 36.6 Å². The monoisotopic (exact) mass is 514 g/mol. The minimum absolute atomic E-state index is 0.543. The fourth-order valence-electron chi connectivity index (χ4n) is 3.79. The van der Waals surface area contributed by atoms with E-state index in [1.807, 2.05) is 18.2 Å². The van der Waals surface area contributed by atoms with Crippen molar-refractivity contribution in [2.75, 3.05) is 0 Å². The first kappa shape index (κ1) is 26.0. The van der Waals surface area contributed by atoms with Gasteiger partial charge >= 0.3 is 7.12 Å². The molecule has 4 heteroatoms. The zero-order valence-corrected chi connectivity index (χ0v) is 21.1. The van der Waals surface area contributed by atoms with Crippen LogP contribution in [-0.4, -0.2) is 17.2 Å². The van der Waals surface area contributed by atoms with Crippen LogP contribution in [0.2, 0.25) is 0 Å². The topological polar surface area (TPSA) is 40.5 Å². The number of aryl methyl sites for hydroxylation is 4. The van der Waals surface area contributed by atoms with Gasteiger partial charge in [-0.3, -0.25) is 0 Å². The van der Waals surface area contributed by atoms with Crippen LogP contribution in [0.3, 0.4) is 0 Å². The van der Waals surface area contributed by atoms with Crippen molar-refractivity contribution in [3.8, 4) is 0 Å². The first-order valence-electron chi connectivity index (χ1n) is 11.9. The number of halogens is 1. The van der Waals surface area contributed by atoms with Crippen molar-refractivity contribution in [3.05, 3.63) is 136 Å². The minimum Gasteiger partial charge on any atom is -0.423 e. The molecule has 0 aliphatic carbocycles. The fourth-order valence-corrected chi connectivity index (χ4v) is 4.05. The Morgan fingerprint density at radius 2 is 0.824 bits per heavy atom. The zero-order chi connectivity index (χ0) is 24.0. The Morgan fingerprint density at radius 3 is 1.21 bits per heavy atom. The highest BCUT2D eigenvalue weighted by Crippen LogP contribution is 2.13. The fraction of sp³-hybridized carbons (Fsp3) is 0.200. The summed E-state index contributed by atoms with van der Waals surface area (Å²) in [6.07, 6.45) is 6.72. The maximum Gasteiger partial charge on any atom is 0.488 e. The molecule has 0 atom stereocenters. The first-order chi connectivity index (χ1) is 16.6. The maximum atomic E-state index is 8.99. The molecule has 0 heterocycles. The van der Waals surface area contributed by atoms with Gasteiger partial charge in [-0.1, -0.05) is 113 Å². The largest absolute Gasteiger partial charge is 0.488 e. The third-order valence-corrected chi connectivity index (χ3v) is 6.27. The van der Waals surface area contributed by atoms with Gasteiger partial charge in [0, 0.05) is 4.47 Å². The summed E-state index contributed by atoms with van der Waals surface area (Å²) in [5.41, 5.74) is 5.98. The number of rotatable bonds is 9. The standard InChI is InChI=1S/C15H17BO2.C15H15Br/c17-16(18)15-11-9-14(10-12-15)8-4-7-13-5-2-1-3-6-13;16-15-11-9-14(10-12-15)8-4-7-13-5-2-1-3-6-13/h1-3,5-6,9-12,17-18H,4,7-8H2;1-3,5-6,9-12H,4,7-8H2. The van der Waals surface area contributed by atoms with Gasteiger partial charge in [-0.25, -0.2) is 0 Å². The second kappa shape index (κ2) is 14.6. The minimum atomic E-state index is -1.37. The van der Waals surface area contributed by atoms with E-state index in [1.165, 1.54) is 28.7 Å². The molecular formula is C30H32BBrO2. The molecule has 0 fully saturated rings. The van der Waals surface area contributed by atoms with E-state index in [4.69, 9.17) is 10.0 Å². The summed E-state index contributed by atoms with van der Waals surface area (Å²) >= 11 is 3.45. The SMILES string of the molecule is Brc1ccc(CCCc2ccccc2)cc1.OB(O)c1ccc(CCCc2ccccc2)cc1. The zero-order valence-electron chi connectivity index (χ0n) is 19.5. The molecule has 4 aromatic carbocycles. The van der Waals surface area contributed by atoms with Gasteiger partial charge in [0.2, 0.25) is 0 Å². The van der Waals surface area contributed by atoms with Crippen LogP contribution in [0.5, 0.6) is 0 Å². The Bertz CT molecular complexity index is 1070. The highest BCUT2D eigenvalue weighted by Gasteiger charge is 2.09. The molecule has 0 spiro atoms. The summed E-state index contributed by atoms with van der Waals surface area (Å²) in [7, 11) is -1.37. The molecule has 174 valence electrons. The lowest BCUT2D eigenvalue weighted by molar-refractivity contribution is 0.426. The molecule has 0 aliphatic rings. The van der Waals surface area contributed by atoms with Gasteiger partial charge in [-0.15, -0.1) is 0 Å². The average Bonchev–Trinajstić information content (AvgIpc) is 2.87. The van der Waals surface area contributed by atoms with Gasteiger partial charge in [0.1, 0.15) is 0 Å². The molecule has 2 N–H and O–H groups in total. The lowest BCUT2D eigenvalue weighted by Crippen LogP contribution is -2.29. The molecule has 4 rings (SSSR count). The Labute approximate surface area is 212 Å². The van der Waals surface area contributed by atoms with Crippen LogP contribution in [0.1, 0.15) is 35.1 Å². The van der Waals surface area contributed by atoms with Gasteiger partial charge in [-0.05, 0) is 78.4 Å². The van der Waals surface area contributed by atoms with Gasteiger partial charge in [-0.2, -0.15) is 0 Å². The smallest absolute Gasteiger partial charge is 0.423 e. The number of hydrogen-bond donors (Lipinski definition) is 2. The summed E-state index contributed by atoms with van der Waals surface area (Å²) in [6.45, 7) is 0. The highest BCUT2D eigenvalue weighted by atomic mass is 79.9. The lowest BCUT2D eigenvalue weighted by atomic mass is 9.80. The molecule has 0 bridgehead atoms. The molecule has 0 aromatic heterocycles. The van der Waals surface area contributed by atoms with Gasteiger partial charge in [0.25, 0.3) is 0 Å². The molecule has 0 saturated heterocycles. The van der Waals surface area contributed by atoms with Crippen LogP contribution in [0.25, 0.3) is 0 Å². The van der Waals surface area contributed by atoms with Crippen LogP contribution in [0.15, 0.2) is 114 Å². The predicted octanol–water partition coefficient (Wildman–Crippen LogP) is 6.17. The van der Waals surface area contributed by atoms with Crippen molar-refractivity contribution in [2.24, 2.45) is 0 Å². The normalized spacial score (nSPS) is 10.3. The molecule has 2 nitrogen and oxygen atoms in total. The first-order valence-corrected chi connectivity index (χ1v) is 12.7. The summed E-state index contributed by atoms with van der Waals surface area (Å²) in [5.74, 6) is 0. The quantitative estimate of drug-likeness (QED) is 0.262. The third kappa shape index (κ3) is 9.68. The molecule has 0 unspecified atom stereocenters. The summed E-state index contributed by atoms with van der Waals surface area (Å²) in [5, 5.41) is 18.0. The maximum absolute atomic E-state index is 8.99. The van der Waals surface area contributed by atoms with Crippen LogP contribution in [0, 0.1) is 0 Å². The third-order valence-electron chi connectivity index (χ3n) is 5.74. The molecule has 34 heavy (non-hydrogen) atoms. The molecule has 0 amide bonds. The van der Waals surface area contributed by atoms with Crippen molar-refractivity contribution >= 4 is 28.5 Å². The Balaban J connectivity index is 0.000000192. The van der Waals surface area contributed by atoms with Crippen molar-refractivity contribution in [1.29, 1.82) is 0 Å². The second-order valence-corrected chi connectivity index (χ2v) is 9.34. The highest BCUT2D eigenvalue weighted by molar-refractivity contribution is 9.10. The summed E-state index contributed by atoms with van der Waals surface area (Å²) in [4.78, 5) is 0. The number of hydrogen-bond acceptors (Lipinski definition) is 2. The van der Waals surface area contributed by atoms with Crippen molar-refractivity contribution in [2.45, 2.75) is 38.5 Å². The molecule has 0 radical (unpaired) electrons. The number of benzene rings is 4. The Kier molecular flexibility index (Phi) is 11.1. The van der Waals surface area contributed by atoms with Crippen molar-refractivity contribution < 1.29 is 10.0 Å². The van der Waals surface area contributed by atoms with E-state index in [1.54, 1.807) is 12.1 Å². The molecule has 4 aromatic rings. The Hall–Kier alpha value is -2.66. The summed E-state index contributed by atoms with van der Waals surface area (Å²) in [6, 6.07) is 37.2. The predicted molar refractivity (Wildman–Crippen MR) is 147 cm³/mol. The van der Waals surface area contributed by atoms with E-state index in [-0.39, 0.29) is 0 Å². The van der Waals surface area contributed by atoms with E-state index < -0.39 is 7.12 Å². The van der Waals surface area contributed by atoms with Crippen molar-refractivity contribution in [3.63, 3.8) is 0 Å². The van der Waals surface area contributed by atoms with Gasteiger partial charge in [0.15, 0.2) is 0 Å². The summed E-state index contributed by atoms with van der Waals surface area (Å²) < 4.78 is 1.15. The van der Waals surface area contributed by atoms with E-state index in [9.17, 15) is 0 Å². The van der Waals surface area contributed by atoms with Crippen LogP contribution >= 0.6 is 15.9 Å². The van der Waals surface area contributed by atoms with Crippen LogP contribution in [-0.2, 0) is 25.7 Å². The van der Waals surface area contributed by atoms with Crippen molar-refractivity contribution in [1.82, 2.24) is 0 Å². The van der Waals surface area contributed by atoms with Gasteiger partial charge < -0.3 is 10.0 Å². The molecule has 0 saturated carbocycles. The van der Waals surface area contributed by atoms with Crippen LogP contribution in [0.4, 0.5) is 0 Å². The molecular weight excluding hydrogens is 483 g/mol. The van der Waals surface area contributed by atoms with Crippen LogP contribution < -0.4 is 5.46 Å².